The maximum absolute atomic E-state index is 5.37. The summed E-state index contributed by atoms with van der Waals surface area (Å²) in [7, 11) is 1.67. The maximum Gasteiger partial charge on any atom is 0.145 e. The molecule has 5 heteroatoms. The lowest BCUT2D eigenvalue weighted by Crippen LogP contribution is -2.13. The third kappa shape index (κ3) is 3.04. The zero-order chi connectivity index (χ0) is 14.7. The van der Waals surface area contributed by atoms with Crippen molar-refractivity contribution >= 4 is 22.2 Å². The Hall–Kier alpha value is -1.98. The number of nitrogens with zero attached hydrogens (tertiary/aromatic N) is 2. The van der Waals surface area contributed by atoms with Crippen molar-refractivity contribution in [3.05, 3.63) is 52.1 Å². The second-order valence-corrected chi connectivity index (χ2v) is 5.74. The van der Waals surface area contributed by atoms with Crippen molar-refractivity contribution < 1.29 is 4.74 Å². The first-order valence-electron chi connectivity index (χ1n) is 6.80. The Morgan fingerprint density at radius 3 is 2.86 bits per heavy atom. The summed E-state index contributed by atoms with van der Waals surface area (Å²) in [6, 6.07) is 10.1. The molecule has 0 aliphatic heterocycles. The van der Waals surface area contributed by atoms with E-state index < -0.39 is 0 Å². The third-order valence-electron chi connectivity index (χ3n) is 3.40. The van der Waals surface area contributed by atoms with Crippen LogP contribution in [0.25, 0.3) is 10.9 Å². The van der Waals surface area contributed by atoms with Crippen LogP contribution in [0.5, 0.6) is 5.75 Å². The first kappa shape index (κ1) is 14.0. The lowest BCUT2D eigenvalue weighted by atomic mass is 10.2. The highest BCUT2D eigenvalue weighted by Crippen LogP contribution is 2.23. The number of aromatic nitrogens is 2. The summed E-state index contributed by atoms with van der Waals surface area (Å²) in [4.78, 5) is 10.2. The van der Waals surface area contributed by atoms with Crippen LogP contribution in [-0.4, -0.2) is 17.1 Å². The molecular formula is C16H17N3OS. The molecule has 0 amide bonds. The molecule has 0 atom stereocenters. The molecular weight excluding hydrogens is 282 g/mol. The lowest BCUT2D eigenvalue weighted by molar-refractivity contribution is 0.418. The summed E-state index contributed by atoms with van der Waals surface area (Å²) < 4.78 is 5.37. The van der Waals surface area contributed by atoms with Gasteiger partial charge in [0.1, 0.15) is 11.3 Å². The molecule has 0 saturated carbocycles. The monoisotopic (exact) mass is 299 g/mol. The molecule has 0 bridgehead atoms. The van der Waals surface area contributed by atoms with Crippen molar-refractivity contribution in [3.8, 4) is 5.75 Å². The number of nitrogens with one attached hydrogen (secondary N) is 1. The maximum atomic E-state index is 5.37. The second-order valence-electron chi connectivity index (χ2n) is 4.80. The van der Waals surface area contributed by atoms with Gasteiger partial charge in [0.15, 0.2) is 0 Å². The number of benzene rings is 1. The van der Waals surface area contributed by atoms with Gasteiger partial charge in [-0.05, 0) is 19.1 Å². The van der Waals surface area contributed by atoms with Gasteiger partial charge in [-0.1, -0.05) is 18.2 Å². The van der Waals surface area contributed by atoms with Gasteiger partial charge in [0.25, 0.3) is 0 Å². The van der Waals surface area contributed by atoms with Crippen LogP contribution in [0.4, 0.5) is 0 Å². The van der Waals surface area contributed by atoms with Gasteiger partial charge in [0, 0.05) is 23.4 Å². The number of fused-ring (bicyclic) bond motifs is 1. The average molecular weight is 299 g/mol. The molecule has 1 aromatic carbocycles. The molecule has 2 aromatic heterocycles. The number of thiazole rings is 1. The van der Waals surface area contributed by atoms with E-state index >= 15 is 0 Å². The van der Waals surface area contributed by atoms with E-state index in [4.69, 9.17) is 4.74 Å². The molecule has 108 valence electrons. The molecule has 0 aliphatic carbocycles. The van der Waals surface area contributed by atoms with Gasteiger partial charge in [0.2, 0.25) is 0 Å². The fourth-order valence-electron chi connectivity index (χ4n) is 2.22. The molecule has 0 fully saturated rings. The van der Waals surface area contributed by atoms with Crippen molar-refractivity contribution in [2.45, 2.75) is 20.0 Å². The topological polar surface area (TPSA) is 47.0 Å². The highest BCUT2D eigenvalue weighted by Gasteiger charge is 2.05. The standard InChI is InChI=1S/C16H17N3OS/c1-11-15(21-10-18-11)9-17-8-13-7-6-12-4-3-5-14(20-2)16(12)19-13/h3-7,10,17H,8-9H2,1-2H3. The summed E-state index contributed by atoms with van der Waals surface area (Å²) in [6.07, 6.45) is 0. The highest BCUT2D eigenvalue weighted by atomic mass is 32.1. The third-order valence-corrected chi connectivity index (χ3v) is 4.33. The lowest BCUT2D eigenvalue weighted by Gasteiger charge is -2.07. The Bertz CT molecular complexity index is 754. The molecule has 0 radical (unpaired) electrons. The van der Waals surface area contributed by atoms with E-state index in [1.165, 1.54) is 4.88 Å². The minimum absolute atomic E-state index is 0.728. The van der Waals surface area contributed by atoms with Crippen molar-refractivity contribution in [1.29, 1.82) is 0 Å². The predicted octanol–water partition coefficient (Wildman–Crippen LogP) is 3.30. The van der Waals surface area contributed by atoms with Gasteiger partial charge in [-0.15, -0.1) is 11.3 Å². The van der Waals surface area contributed by atoms with Gasteiger partial charge >= 0.3 is 0 Å². The van der Waals surface area contributed by atoms with Crippen LogP contribution in [0.2, 0.25) is 0 Å². The van der Waals surface area contributed by atoms with Crippen molar-refractivity contribution in [1.82, 2.24) is 15.3 Å². The summed E-state index contributed by atoms with van der Waals surface area (Å²) >= 11 is 1.68. The number of methoxy groups -OCH3 is 1. The quantitative estimate of drug-likeness (QED) is 0.785. The average Bonchev–Trinajstić information content (AvgIpc) is 2.92. The second kappa shape index (κ2) is 6.20. The van der Waals surface area contributed by atoms with E-state index in [0.717, 1.165) is 41.1 Å². The molecule has 3 aromatic rings. The number of rotatable bonds is 5. The molecule has 1 N–H and O–H groups in total. The van der Waals surface area contributed by atoms with Gasteiger partial charge in [-0.3, -0.25) is 0 Å². The van der Waals surface area contributed by atoms with E-state index in [1.54, 1.807) is 18.4 Å². The number of hydrogen-bond donors (Lipinski definition) is 1. The van der Waals surface area contributed by atoms with Crippen LogP contribution >= 0.6 is 11.3 Å². The van der Waals surface area contributed by atoms with Crippen LogP contribution < -0.4 is 10.1 Å². The zero-order valence-corrected chi connectivity index (χ0v) is 12.9. The molecule has 4 nitrogen and oxygen atoms in total. The largest absolute Gasteiger partial charge is 0.494 e. The van der Waals surface area contributed by atoms with E-state index in [0.29, 0.717) is 0 Å². The molecule has 2 heterocycles. The summed E-state index contributed by atoms with van der Waals surface area (Å²) in [6.45, 7) is 3.58. The van der Waals surface area contributed by atoms with Crippen molar-refractivity contribution in [2.24, 2.45) is 0 Å². The number of hydrogen-bond acceptors (Lipinski definition) is 5. The first-order valence-corrected chi connectivity index (χ1v) is 7.68. The van der Waals surface area contributed by atoms with E-state index in [-0.39, 0.29) is 0 Å². The summed E-state index contributed by atoms with van der Waals surface area (Å²) in [5.74, 6) is 0.813. The van der Waals surface area contributed by atoms with E-state index in [1.807, 2.05) is 36.7 Å². The predicted molar refractivity (Wildman–Crippen MR) is 85.7 cm³/mol. The van der Waals surface area contributed by atoms with E-state index in [2.05, 4.69) is 21.4 Å². The molecule has 0 aliphatic rings. The first-order chi connectivity index (χ1) is 10.3. The Morgan fingerprint density at radius 1 is 1.19 bits per heavy atom. The number of para-hydroxylation sites is 1. The minimum atomic E-state index is 0.728. The molecule has 0 saturated heterocycles. The minimum Gasteiger partial charge on any atom is -0.494 e. The van der Waals surface area contributed by atoms with Crippen LogP contribution in [0, 0.1) is 6.92 Å². The Labute approximate surface area is 127 Å². The molecule has 0 unspecified atom stereocenters. The van der Waals surface area contributed by atoms with Gasteiger partial charge in [0.05, 0.1) is 24.0 Å². The van der Waals surface area contributed by atoms with E-state index in [9.17, 15) is 0 Å². The Balaban J connectivity index is 1.74. The van der Waals surface area contributed by atoms with Gasteiger partial charge in [-0.2, -0.15) is 0 Å². The number of ether oxygens (including phenoxy) is 1. The fraction of sp³-hybridized carbons (Fsp3) is 0.250. The van der Waals surface area contributed by atoms with Crippen LogP contribution in [-0.2, 0) is 13.1 Å². The van der Waals surface area contributed by atoms with Crippen LogP contribution in [0.15, 0.2) is 35.8 Å². The van der Waals surface area contributed by atoms with Crippen LogP contribution in [0.1, 0.15) is 16.3 Å². The highest BCUT2D eigenvalue weighted by molar-refractivity contribution is 7.09. The number of pyridine rings is 1. The molecule has 0 spiro atoms. The summed E-state index contributed by atoms with van der Waals surface area (Å²) in [5, 5.41) is 4.51. The van der Waals surface area contributed by atoms with Crippen molar-refractivity contribution in [3.63, 3.8) is 0 Å². The summed E-state index contributed by atoms with van der Waals surface area (Å²) in [5.41, 5.74) is 4.90. The van der Waals surface area contributed by atoms with Crippen molar-refractivity contribution in [2.75, 3.05) is 7.11 Å². The van der Waals surface area contributed by atoms with Gasteiger partial charge < -0.3 is 10.1 Å². The Morgan fingerprint density at radius 2 is 2.10 bits per heavy atom. The van der Waals surface area contributed by atoms with Gasteiger partial charge in [-0.25, -0.2) is 9.97 Å². The molecule has 3 rings (SSSR count). The fourth-order valence-corrected chi connectivity index (χ4v) is 2.97. The Kier molecular flexibility index (Phi) is 4.13. The van der Waals surface area contributed by atoms with Crippen LogP contribution in [0.3, 0.4) is 0 Å². The SMILES string of the molecule is COc1cccc2ccc(CNCc3scnc3C)nc12. The number of aryl methyl sites for hydroxylation is 1. The normalized spacial score (nSPS) is 11.0. The molecule has 21 heavy (non-hydrogen) atoms. The smallest absolute Gasteiger partial charge is 0.145 e. The zero-order valence-electron chi connectivity index (χ0n) is 12.1.